The largest absolute Gasteiger partial charge is 0.487 e. The molecule has 2 heterocycles. The number of aromatic amines is 1. The van der Waals surface area contributed by atoms with Crippen molar-refractivity contribution in [1.82, 2.24) is 10.3 Å². The molecule has 0 radical (unpaired) electrons. The molecule has 0 aliphatic carbocycles. The SMILES string of the molecule is CC[C@H]1CNCc2[nH]c(=O)ccc2O1.Cl.Cl. The predicted molar refractivity (Wildman–Crippen MR) is 68.0 cm³/mol. The molecule has 0 aromatic carbocycles. The fourth-order valence-corrected chi connectivity index (χ4v) is 1.55. The molecule has 1 atom stereocenters. The summed E-state index contributed by atoms with van der Waals surface area (Å²) in [5.41, 5.74) is 0.762. The Kier molecular flexibility index (Phi) is 6.48. The Morgan fingerprint density at radius 3 is 2.88 bits per heavy atom. The molecule has 0 saturated carbocycles. The third-order valence-corrected chi connectivity index (χ3v) is 2.38. The van der Waals surface area contributed by atoms with Crippen LogP contribution in [0.1, 0.15) is 19.0 Å². The van der Waals surface area contributed by atoms with E-state index in [-0.39, 0.29) is 36.5 Å². The van der Waals surface area contributed by atoms with Crippen molar-refractivity contribution in [2.75, 3.05) is 6.54 Å². The second-order valence-electron chi connectivity index (χ2n) is 3.44. The van der Waals surface area contributed by atoms with Crippen LogP contribution in [0.4, 0.5) is 0 Å². The number of fused-ring (bicyclic) bond motifs is 1. The minimum absolute atomic E-state index is 0. The van der Waals surface area contributed by atoms with Crippen molar-refractivity contribution in [2.24, 2.45) is 0 Å². The quantitative estimate of drug-likeness (QED) is 0.810. The number of aromatic nitrogens is 1. The Labute approximate surface area is 107 Å². The minimum atomic E-state index is -0.0795. The molecule has 2 N–H and O–H groups in total. The number of pyridine rings is 1. The van der Waals surface area contributed by atoms with Gasteiger partial charge in [-0.1, -0.05) is 6.92 Å². The highest BCUT2D eigenvalue weighted by atomic mass is 35.5. The summed E-state index contributed by atoms with van der Waals surface area (Å²) in [6.45, 7) is 3.58. The van der Waals surface area contributed by atoms with Gasteiger partial charge in [-0.2, -0.15) is 0 Å². The standard InChI is InChI=1S/C10H14N2O2.2ClH/c1-2-7-5-11-6-8-9(14-7)3-4-10(13)12-8;;/h3-4,7,11H,2,5-6H2,1H3,(H,12,13);2*1H/t7-;;/m0../s1. The molecule has 92 valence electrons. The summed E-state index contributed by atoms with van der Waals surface area (Å²) in [4.78, 5) is 13.8. The van der Waals surface area contributed by atoms with Crippen molar-refractivity contribution in [3.8, 4) is 5.75 Å². The molecule has 0 amide bonds. The lowest BCUT2D eigenvalue weighted by Gasteiger charge is -2.14. The van der Waals surface area contributed by atoms with E-state index in [4.69, 9.17) is 4.74 Å². The van der Waals surface area contributed by atoms with Crippen molar-refractivity contribution >= 4 is 24.8 Å². The molecule has 1 aromatic rings. The number of rotatable bonds is 1. The van der Waals surface area contributed by atoms with E-state index in [9.17, 15) is 4.79 Å². The highest BCUT2D eigenvalue weighted by Gasteiger charge is 2.15. The van der Waals surface area contributed by atoms with E-state index in [1.807, 2.05) is 0 Å². The van der Waals surface area contributed by atoms with E-state index >= 15 is 0 Å². The van der Waals surface area contributed by atoms with Gasteiger partial charge >= 0.3 is 0 Å². The van der Waals surface area contributed by atoms with E-state index in [0.717, 1.165) is 24.4 Å². The maximum atomic E-state index is 11.1. The first-order valence-electron chi connectivity index (χ1n) is 4.89. The minimum Gasteiger partial charge on any atom is -0.487 e. The number of H-pyrrole nitrogens is 1. The Balaban J connectivity index is 0.00000112. The van der Waals surface area contributed by atoms with Crippen LogP contribution in [0.5, 0.6) is 5.75 Å². The average Bonchev–Trinajstić information content (AvgIpc) is 2.38. The van der Waals surface area contributed by atoms with E-state index in [1.165, 1.54) is 6.07 Å². The van der Waals surface area contributed by atoms with Crippen LogP contribution in [0.3, 0.4) is 0 Å². The fourth-order valence-electron chi connectivity index (χ4n) is 1.55. The molecule has 1 aliphatic heterocycles. The third-order valence-electron chi connectivity index (χ3n) is 2.38. The maximum Gasteiger partial charge on any atom is 0.248 e. The summed E-state index contributed by atoms with van der Waals surface area (Å²) < 4.78 is 5.73. The molecule has 6 heteroatoms. The van der Waals surface area contributed by atoms with Gasteiger partial charge in [0.1, 0.15) is 11.9 Å². The number of hydrogen-bond donors (Lipinski definition) is 2. The number of hydrogen-bond acceptors (Lipinski definition) is 3. The summed E-state index contributed by atoms with van der Waals surface area (Å²) in [6.07, 6.45) is 1.16. The Morgan fingerprint density at radius 2 is 2.19 bits per heavy atom. The Morgan fingerprint density at radius 1 is 1.44 bits per heavy atom. The second kappa shape index (κ2) is 6.78. The zero-order valence-corrected chi connectivity index (χ0v) is 10.6. The molecular formula is C10H16Cl2N2O2. The average molecular weight is 267 g/mol. The van der Waals surface area contributed by atoms with Crippen LogP contribution >= 0.6 is 24.8 Å². The summed E-state index contributed by atoms with van der Waals surface area (Å²) in [6, 6.07) is 3.24. The van der Waals surface area contributed by atoms with Gasteiger partial charge in [0.25, 0.3) is 0 Å². The molecule has 1 aliphatic rings. The lowest BCUT2D eigenvalue weighted by Crippen LogP contribution is -2.27. The van der Waals surface area contributed by atoms with Gasteiger partial charge in [0.05, 0.1) is 5.69 Å². The summed E-state index contributed by atoms with van der Waals surface area (Å²) >= 11 is 0. The molecule has 16 heavy (non-hydrogen) atoms. The fraction of sp³-hybridized carbons (Fsp3) is 0.500. The first-order chi connectivity index (χ1) is 6.79. The highest BCUT2D eigenvalue weighted by Crippen LogP contribution is 2.18. The monoisotopic (exact) mass is 266 g/mol. The van der Waals surface area contributed by atoms with Crippen LogP contribution in [0.2, 0.25) is 0 Å². The normalized spacial score (nSPS) is 18.2. The molecule has 1 aromatic heterocycles. The Hall–Kier alpha value is -0.710. The summed E-state index contributed by atoms with van der Waals surface area (Å²) in [7, 11) is 0. The second-order valence-corrected chi connectivity index (χ2v) is 3.44. The molecule has 0 unspecified atom stereocenters. The molecule has 0 fully saturated rings. The zero-order chi connectivity index (χ0) is 9.97. The van der Waals surface area contributed by atoms with Crippen molar-refractivity contribution in [3.05, 3.63) is 28.2 Å². The maximum absolute atomic E-state index is 11.1. The van der Waals surface area contributed by atoms with Crippen molar-refractivity contribution in [3.63, 3.8) is 0 Å². The van der Waals surface area contributed by atoms with Gasteiger partial charge < -0.3 is 15.0 Å². The van der Waals surface area contributed by atoms with Crippen molar-refractivity contribution in [1.29, 1.82) is 0 Å². The molecule has 2 rings (SSSR count). The van der Waals surface area contributed by atoms with Crippen LogP contribution in [-0.4, -0.2) is 17.6 Å². The van der Waals surface area contributed by atoms with E-state index in [2.05, 4.69) is 17.2 Å². The highest BCUT2D eigenvalue weighted by molar-refractivity contribution is 5.85. The molecule has 0 bridgehead atoms. The number of nitrogens with one attached hydrogen (secondary N) is 2. The molecule has 0 spiro atoms. The third kappa shape index (κ3) is 3.40. The van der Waals surface area contributed by atoms with Crippen LogP contribution in [-0.2, 0) is 6.54 Å². The number of halogens is 2. The van der Waals surface area contributed by atoms with Crippen molar-refractivity contribution < 1.29 is 4.74 Å². The molecule has 4 nitrogen and oxygen atoms in total. The summed E-state index contributed by atoms with van der Waals surface area (Å²) in [5, 5.41) is 3.24. The first kappa shape index (κ1) is 15.3. The van der Waals surface area contributed by atoms with Gasteiger partial charge in [0.2, 0.25) is 5.56 Å². The van der Waals surface area contributed by atoms with Crippen LogP contribution in [0.15, 0.2) is 16.9 Å². The van der Waals surface area contributed by atoms with Gasteiger partial charge in [0.15, 0.2) is 0 Å². The van der Waals surface area contributed by atoms with Crippen LogP contribution < -0.4 is 15.6 Å². The lowest BCUT2D eigenvalue weighted by atomic mass is 10.3. The van der Waals surface area contributed by atoms with Crippen molar-refractivity contribution in [2.45, 2.75) is 26.0 Å². The molecule has 0 saturated heterocycles. The lowest BCUT2D eigenvalue weighted by molar-refractivity contribution is 0.201. The van der Waals surface area contributed by atoms with Gasteiger partial charge in [-0.3, -0.25) is 4.79 Å². The summed E-state index contributed by atoms with van der Waals surface area (Å²) in [5.74, 6) is 0.793. The van der Waals surface area contributed by atoms with Crippen LogP contribution in [0.25, 0.3) is 0 Å². The predicted octanol–water partition coefficient (Wildman–Crippen LogP) is 1.48. The molecular weight excluding hydrogens is 251 g/mol. The van der Waals surface area contributed by atoms with Crippen LogP contribution in [0, 0.1) is 0 Å². The van der Waals surface area contributed by atoms with E-state index in [1.54, 1.807) is 6.07 Å². The van der Waals surface area contributed by atoms with Gasteiger partial charge in [-0.15, -0.1) is 24.8 Å². The zero-order valence-electron chi connectivity index (χ0n) is 8.99. The van der Waals surface area contributed by atoms with Gasteiger partial charge in [0, 0.05) is 19.2 Å². The van der Waals surface area contributed by atoms with Gasteiger partial charge in [-0.05, 0) is 12.5 Å². The first-order valence-corrected chi connectivity index (χ1v) is 4.89. The van der Waals surface area contributed by atoms with Gasteiger partial charge in [-0.25, -0.2) is 0 Å². The number of ether oxygens (including phenoxy) is 1. The topological polar surface area (TPSA) is 54.1 Å². The smallest absolute Gasteiger partial charge is 0.248 e. The van der Waals surface area contributed by atoms with E-state index < -0.39 is 0 Å². The van der Waals surface area contributed by atoms with E-state index in [0.29, 0.717) is 6.54 Å². The Bertz CT molecular complexity index is 381.